The topological polar surface area (TPSA) is 127 Å². The first kappa shape index (κ1) is 21.2. The fourth-order valence-electron chi connectivity index (χ4n) is 2.23. The zero-order valence-corrected chi connectivity index (χ0v) is 13.9. The van der Waals surface area contributed by atoms with Crippen LogP contribution < -0.4 is 11.5 Å². The monoisotopic (exact) mass is 316 g/mol. The van der Waals surface area contributed by atoms with Crippen molar-refractivity contribution < 1.29 is 19.8 Å². The SMILES string of the molecule is CCCCCC(N)(O)C(=O)CCC(=O)C(N)(O)CCCCC. The second-order valence-electron chi connectivity index (χ2n) is 6.11. The Labute approximate surface area is 133 Å². The van der Waals surface area contributed by atoms with Crippen LogP contribution >= 0.6 is 0 Å². The van der Waals surface area contributed by atoms with Gasteiger partial charge >= 0.3 is 0 Å². The lowest BCUT2D eigenvalue weighted by molar-refractivity contribution is -0.143. The van der Waals surface area contributed by atoms with E-state index in [9.17, 15) is 19.8 Å². The third-order valence-corrected chi connectivity index (χ3v) is 3.87. The van der Waals surface area contributed by atoms with Crippen LogP contribution in [0.2, 0.25) is 0 Å². The van der Waals surface area contributed by atoms with Gasteiger partial charge in [0.25, 0.3) is 0 Å². The highest BCUT2D eigenvalue weighted by molar-refractivity contribution is 5.93. The van der Waals surface area contributed by atoms with Crippen molar-refractivity contribution in [3.05, 3.63) is 0 Å². The quantitative estimate of drug-likeness (QED) is 0.300. The van der Waals surface area contributed by atoms with Crippen molar-refractivity contribution in [3.8, 4) is 0 Å². The molecule has 0 heterocycles. The van der Waals surface area contributed by atoms with Crippen LogP contribution in [0.25, 0.3) is 0 Å². The first-order valence-electron chi connectivity index (χ1n) is 8.26. The van der Waals surface area contributed by atoms with Crippen molar-refractivity contribution in [1.29, 1.82) is 0 Å². The number of nitrogens with two attached hydrogens (primary N) is 2. The van der Waals surface area contributed by atoms with Gasteiger partial charge in [-0.05, 0) is 25.7 Å². The Hall–Kier alpha value is -0.820. The van der Waals surface area contributed by atoms with E-state index in [0.29, 0.717) is 12.8 Å². The predicted molar refractivity (Wildman–Crippen MR) is 85.8 cm³/mol. The number of carbonyl (C=O) groups is 2. The Bertz CT molecular complexity index is 320. The van der Waals surface area contributed by atoms with Gasteiger partial charge in [0.05, 0.1) is 0 Å². The van der Waals surface area contributed by atoms with Gasteiger partial charge in [0.1, 0.15) is 0 Å². The summed E-state index contributed by atoms with van der Waals surface area (Å²) < 4.78 is 0. The van der Waals surface area contributed by atoms with Crippen LogP contribution in [0.4, 0.5) is 0 Å². The summed E-state index contributed by atoms with van der Waals surface area (Å²) in [4.78, 5) is 23.8. The summed E-state index contributed by atoms with van der Waals surface area (Å²) in [5.74, 6) is -1.16. The molecule has 0 spiro atoms. The second kappa shape index (κ2) is 10.0. The summed E-state index contributed by atoms with van der Waals surface area (Å²) in [6, 6.07) is 0. The van der Waals surface area contributed by atoms with Crippen LogP contribution in [-0.2, 0) is 9.59 Å². The Balaban J connectivity index is 4.29. The third-order valence-electron chi connectivity index (χ3n) is 3.87. The molecule has 0 radical (unpaired) electrons. The van der Waals surface area contributed by atoms with Crippen molar-refractivity contribution in [2.75, 3.05) is 0 Å². The minimum Gasteiger partial charge on any atom is -0.369 e. The summed E-state index contributed by atoms with van der Waals surface area (Å²) in [5.41, 5.74) is 7.39. The molecule has 0 aromatic rings. The van der Waals surface area contributed by atoms with Gasteiger partial charge in [-0.25, -0.2) is 0 Å². The minimum absolute atomic E-state index is 0.178. The molecule has 6 nitrogen and oxygen atoms in total. The van der Waals surface area contributed by atoms with E-state index >= 15 is 0 Å². The van der Waals surface area contributed by atoms with Gasteiger partial charge in [0, 0.05) is 12.8 Å². The maximum atomic E-state index is 11.9. The van der Waals surface area contributed by atoms with Gasteiger partial charge in [-0.1, -0.05) is 39.5 Å². The molecule has 0 bridgehead atoms. The van der Waals surface area contributed by atoms with Gasteiger partial charge in [0.15, 0.2) is 23.0 Å². The van der Waals surface area contributed by atoms with Gasteiger partial charge in [0.2, 0.25) is 0 Å². The number of ketones is 2. The normalized spacial score (nSPS) is 16.8. The first-order chi connectivity index (χ1) is 10.2. The van der Waals surface area contributed by atoms with Crippen LogP contribution in [-0.4, -0.2) is 33.2 Å². The molecule has 0 saturated heterocycles. The summed E-state index contributed by atoms with van der Waals surface area (Å²) in [6.07, 6.45) is 4.94. The fraction of sp³-hybridized carbons (Fsp3) is 0.875. The van der Waals surface area contributed by atoms with Crippen LogP contribution in [0, 0.1) is 0 Å². The lowest BCUT2D eigenvalue weighted by Crippen LogP contribution is -2.50. The second-order valence-corrected chi connectivity index (χ2v) is 6.11. The smallest absolute Gasteiger partial charge is 0.179 e. The number of rotatable bonds is 13. The number of unbranched alkanes of at least 4 members (excludes halogenated alkanes) is 4. The fourth-order valence-corrected chi connectivity index (χ4v) is 2.23. The number of hydrogen-bond donors (Lipinski definition) is 4. The molecule has 0 fully saturated rings. The highest BCUT2D eigenvalue weighted by Gasteiger charge is 2.34. The van der Waals surface area contributed by atoms with Gasteiger partial charge < -0.3 is 10.2 Å². The van der Waals surface area contributed by atoms with E-state index in [-0.39, 0.29) is 25.7 Å². The zero-order chi connectivity index (χ0) is 17.2. The lowest BCUT2D eigenvalue weighted by Gasteiger charge is -2.24. The van der Waals surface area contributed by atoms with E-state index in [1.807, 2.05) is 13.8 Å². The van der Waals surface area contributed by atoms with Crippen molar-refractivity contribution in [2.45, 2.75) is 89.5 Å². The summed E-state index contributed by atoms with van der Waals surface area (Å²) in [5, 5.41) is 19.8. The van der Waals surface area contributed by atoms with E-state index in [4.69, 9.17) is 11.5 Å². The maximum Gasteiger partial charge on any atom is 0.179 e. The van der Waals surface area contributed by atoms with Crippen molar-refractivity contribution in [1.82, 2.24) is 0 Å². The van der Waals surface area contributed by atoms with Gasteiger partial charge in [-0.2, -0.15) is 0 Å². The van der Waals surface area contributed by atoms with Gasteiger partial charge in [-0.3, -0.25) is 21.1 Å². The summed E-state index contributed by atoms with van der Waals surface area (Å²) >= 11 is 0. The van der Waals surface area contributed by atoms with E-state index in [0.717, 1.165) is 25.7 Å². The van der Waals surface area contributed by atoms with E-state index in [1.54, 1.807) is 0 Å². The zero-order valence-electron chi connectivity index (χ0n) is 13.9. The van der Waals surface area contributed by atoms with Crippen LogP contribution in [0.5, 0.6) is 0 Å². The first-order valence-corrected chi connectivity index (χ1v) is 8.26. The van der Waals surface area contributed by atoms with Crippen molar-refractivity contribution in [3.63, 3.8) is 0 Å². The maximum absolute atomic E-state index is 11.9. The molecule has 0 aliphatic heterocycles. The van der Waals surface area contributed by atoms with Crippen LogP contribution in [0.1, 0.15) is 78.1 Å². The Morgan fingerprint density at radius 1 is 0.773 bits per heavy atom. The molecule has 0 amide bonds. The molecule has 0 saturated carbocycles. The third kappa shape index (κ3) is 7.98. The predicted octanol–water partition coefficient (Wildman–Crippen LogP) is 1.36. The molecule has 130 valence electrons. The lowest BCUT2D eigenvalue weighted by atomic mass is 9.93. The van der Waals surface area contributed by atoms with Gasteiger partial charge in [-0.15, -0.1) is 0 Å². The number of carbonyl (C=O) groups excluding carboxylic acids is 2. The van der Waals surface area contributed by atoms with E-state index in [1.165, 1.54) is 0 Å². The highest BCUT2D eigenvalue weighted by Crippen LogP contribution is 2.17. The van der Waals surface area contributed by atoms with Crippen molar-refractivity contribution >= 4 is 11.6 Å². The summed E-state index contributed by atoms with van der Waals surface area (Å²) in [6.45, 7) is 4.02. The Morgan fingerprint density at radius 3 is 1.36 bits per heavy atom. The molecule has 0 aliphatic carbocycles. The summed E-state index contributed by atoms with van der Waals surface area (Å²) in [7, 11) is 0. The standard InChI is InChI=1S/C16H32N2O4/c1-3-5-7-11-15(17,21)13(19)9-10-14(20)16(18,22)12-8-6-4-2/h21-22H,3-12,17-18H2,1-2H3. The van der Waals surface area contributed by atoms with E-state index < -0.39 is 23.0 Å². The average molecular weight is 316 g/mol. The molecule has 0 rings (SSSR count). The Kier molecular flexibility index (Phi) is 9.67. The molecule has 0 aromatic carbocycles. The largest absolute Gasteiger partial charge is 0.369 e. The molecule has 0 aromatic heterocycles. The number of Topliss-reactive ketones (excluding diaryl/α,β-unsaturated/α-hetero) is 2. The van der Waals surface area contributed by atoms with Crippen LogP contribution in [0.15, 0.2) is 0 Å². The molecular weight excluding hydrogens is 284 g/mol. The molecule has 6 N–H and O–H groups in total. The number of aliphatic hydroxyl groups is 2. The average Bonchev–Trinajstić information content (AvgIpc) is 2.44. The highest BCUT2D eigenvalue weighted by atomic mass is 16.3. The molecule has 6 heteroatoms. The molecule has 2 unspecified atom stereocenters. The Morgan fingerprint density at radius 2 is 1.09 bits per heavy atom. The molecule has 2 atom stereocenters. The van der Waals surface area contributed by atoms with Crippen LogP contribution in [0.3, 0.4) is 0 Å². The molecule has 0 aliphatic rings. The minimum atomic E-state index is -1.90. The van der Waals surface area contributed by atoms with E-state index in [2.05, 4.69) is 0 Å². The van der Waals surface area contributed by atoms with Crippen molar-refractivity contribution in [2.24, 2.45) is 11.5 Å². The number of hydrogen-bond acceptors (Lipinski definition) is 6. The molecular formula is C16H32N2O4. The molecule has 22 heavy (non-hydrogen) atoms.